The number of nitrogens with one attached hydrogen (secondary N) is 3. The lowest BCUT2D eigenvalue weighted by atomic mass is 9.96. The van der Waals surface area contributed by atoms with Crippen LogP contribution in [0, 0.1) is 5.92 Å². The van der Waals surface area contributed by atoms with Crippen molar-refractivity contribution in [1.82, 2.24) is 15.6 Å². The zero-order valence-corrected chi connectivity index (χ0v) is 18.3. The highest BCUT2D eigenvalue weighted by Gasteiger charge is 2.31. The van der Waals surface area contributed by atoms with Crippen molar-refractivity contribution in [3.8, 4) is 0 Å². The van der Waals surface area contributed by atoms with Gasteiger partial charge in [0.25, 0.3) is 11.8 Å². The van der Waals surface area contributed by atoms with E-state index in [-0.39, 0.29) is 22.6 Å². The molecule has 0 saturated carbocycles. The van der Waals surface area contributed by atoms with Crippen LogP contribution in [0.3, 0.4) is 0 Å². The number of rotatable bonds is 6. The van der Waals surface area contributed by atoms with Crippen LogP contribution < -0.4 is 15.6 Å². The second-order valence-electron chi connectivity index (χ2n) is 8.12. The maximum atomic E-state index is 12.5. The normalized spacial score (nSPS) is 13.6. The largest absolute Gasteiger partial charge is 0.598 e. The summed E-state index contributed by atoms with van der Waals surface area (Å²) in [6, 6.07) is 15.6. The molecule has 2 amide bonds. The first-order valence-electron chi connectivity index (χ1n) is 9.53. The van der Waals surface area contributed by atoms with E-state index < -0.39 is 17.3 Å². The molecule has 1 unspecified atom stereocenters. The Morgan fingerprint density at radius 3 is 1.79 bits per heavy atom. The lowest BCUT2D eigenvalue weighted by molar-refractivity contribution is 0.0846. The molecule has 0 radical (unpaired) electrons. The molecule has 0 aromatic heterocycles. The van der Waals surface area contributed by atoms with Crippen molar-refractivity contribution in [3.63, 3.8) is 0 Å². The molecule has 0 spiro atoms. The van der Waals surface area contributed by atoms with Crippen LogP contribution in [0.2, 0.25) is 0 Å². The molecular weight excluding hydrogens is 386 g/mol. The van der Waals surface area contributed by atoms with E-state index >= 15 is 0 Å². The fourth-order valence-electron chi connectivity index (χ4n) is 2.57. The maximum absolute atomic E-state index is 12.5. The first-order valence-corrected chi connectivity index (χ1v) is 10.7. The zero-order chi connectivity index (χ0) is 21.6. The van der Waals surface area contributed by atoms with Gasteiger partial charge in [-0.1, -0.05) is 44.2 Å². The Balaban J connectivity index is 2.02. The summed E-state index contributed by atoms with van der Waals surface area (Å²) in [6.45, 7) is 9.87. The van der Waals surface area contributed by atoms with Crippen LogP contribution in [0.25, 0.3) is 0 Å². The summed E-state index contributed by atoms with van der Waals surface area (Å²) in [7, 11) is 0. The lowest BCUT2D eigenvalue weighted by Crippen LogP contribution is -2.42. The van der Waals surface area contributed by atoms with Gasteiger partial charge in [-0.3, -0.25) is 20.4 Å². The highest BCUT2D eigenvalue weighted by molar-refractivity contribution is 7.90. The van der Waals surface area contributed by atoms with Gasteiger partial charge < -0.3 is 4.55 Å². The van der Waals surface area contributed by atoms with E-state index in [2.05, 4.69) is 29.4 Å². The minimum atomic E-state index is -1.21. The number of amides is 2. The van der Waals surface area contributed by atoms with Gasteiger partial charge in [0.1, 0.15) is 4.75 Å². The predicted octanol–water partition coefficient (Wildman–Crippen LogP) is 3.51. The summed E-state index contributed by atoms with van der Waals surface area (Å²) in [5.74, 6) is -0.580. The van der Waals surface area contributed by atoms with E-state index in [0.717, 1.165) is 5.56 Å². The van der Waals surface area contributed by atoms with Crippen molar-refractivity contribution in [2.45, 2.75) is 45.4 Å². The number of benzene rings is 2. The molecule has 0 saturated heterocycles. The van der Waals surface area contributed by atoms with Gasteiger partial charge in [0.2, 0.25) is 0 Å². The highest BCUT2D eigenvalue weighted by Crippen LogP contribution is 2.26. The van der Waals surface area contributed by atoms with Gasteiger partial charge in [-0.25, -0.2) is 0 Å². The van der Waals surface area contributed by atoms with Gasteiger partial charge in [0, 0.05) is 22.5 Å². The number of hydrogen-bond donors (Lipinski definition) is 3. The lowest BCUT2D eigenvalue weighted by Gasteiger charge is -2.30. The Morgan fingerprint density at radius 2 is 1.34 bits per heavy atom. The molecule has 0 aliphatic carbocycles. The quantitative estimate of drug-likeness (QED) is 0.497. The third-order valence-corrected chi connectivity index (χ3v) is 5.89. The molecular formula is C22H29N3O3S. The average Bonchev–Trinajstić information content (AvgIpc) is 2.69. The Morgan fingerprint density at radius 1 is 0.862 bits per heavy atom. The number of carbonyl (C=O) groups excluding carboxylic acids is 2. The van der Waals surface area contributed by atoms with Crippen LogP contribution >= 0.6 is 0 Å². The minimum Gasteiger partial charge on any atom is -0.598 e. The molecule has 0 fully saturated rings. The van der Waals surface area contributed by atoms with E-state index in [9.17, 15) is 14.1 Å². The van der Waals surface area contributed by atoms with Crippen LogP contribution in [0.1, 0.15) is 66.9 Å². The van der Waals surface area contributed by atoms with E-state index in [0.29, 0.717) is 11.1 Å². The maximum Gasteiger partial charge on any atom is 0.269 e. The highest BCUT2D eigenvalue weighted by atomic mass is 32.2. The first kappa shape index (κ1) is 22.9. The van der Waals surface area contributed by atoms with Crippen LogP contribution in [0.5, 0.6) is 0 Å². The smallest absolute Gasteiger partial charge is 0.269 e. The van der Waals surface area contributed by atoms with Crippen molar-refractivity contribution >= 4 is 23.2 Å². The van der Waals surface area contributed by atoms with Gasteiger partial charge in [-0.05, 0) is 56.5 Å². The molecule has 6 nitrogen and oxygen atoms in total. The molecule has 0 heterocycles. The average molecular weight is 416 g/mol. The van der Waals surface area contributed by atoms with Gasteiger partial charge in [-0.2, -0.15) is 0 Å². The van der Waals surface area contributed by atoms with Gasteiger partial charge >= 0.3 is 0 Å². The Hall–Kier alpha value is -2.35. The molecule has 3 N–H and O–H groups in total. The summed E-state index contributed by atoms with van der Waals surface area (Å²) >= 11 is -1.21. The summed E-state index contributed by atoms with van der Waals surface area (Å²) < 4.78 is 15.3. The monoisotopic (exact) mass is 415 g/mol. The number of hydrogen-bond acceptors (Lipinski definition) is 4. The molecule has 2 aromatic rings. The number of carbonyl (C=O) groups is 2. The third kappa shape index (κ3) is 6.59. The SMILES string of the molecule is CC(C)C(N[S@@+]([O-])C(C)(C)C)c1ccc(C(=O)NNC(=O)c2ccccc2)cc1. The van der Waals surface area contributed by atoms with E-state index in [4.69, 9.17) is 0 Å². The van der Waals surface area contributed by atoms with Gasteiger partial charge in [0.15, 0.2) is 0 Å². The molecule has 0 aliphatic heterocycles. The molecule has 156 valence electrons. The zero-order valence-electron chi connectivity index (χ0n) is 17.5. The van der Waals surface area contributed by atoms with Crippen LogP contribution in [-0.4, -0.2) is 21.1 Å². The second kappa shape index (κ2) is 9.91. The van der Waals surface area contributed by atoms with Crippen molar-refractivity contribution in [2.75, 3.05) is 0 Å². The fourth-order valence-corrected chi connectivity index (χ4v) is 3.56. The van der Waals surface area contributed by atoms with Crippen molar-refractivity contribution < 1.29 is 14.1 Å². The predicted molar refractivity (Wildman–Crippen MR) is 116 cm³/mol. The first-order chi connectivity index (χ1) is 13.6. The van der Waals surface area contributed by atoms with Gasteiger partial charge in [0.05, 0.1) is 6.04 Å². The van der Waals surface area contributed by atoms with Crippen molar-refractivity contribution in [2.24, 2.45) is 5.92 Å². The van der Waals surface area contributed by atoms with Crippen LogP contribution in [0.15, 0.2) is 54.6 Å². The number of hydrazine groups is 1. The Bertz CT molecular complexity index is 817. The summed E-state index contributed by atoms with van der Waals surface area (Å²) in [5.41, 5.74) is 6.65. The molecule has 0 bridgehead atoms. The molecule has 0 aliphatic rings. The molecule has 2 aromatic carbocycles. The standard InChI is InChI=1S/C22H29N3O3S/c1-15(2)19(25-29(28)22(3,4)5)16-11-13-18(14-12-16)21(27)24-23-20(26)17-9-7-6-8-10-17/h6-15,19,25H,1-5H3,(H,23,26)(H,24,27)/t19?,29-/m0/s1. The van der Waals surface area contributed by atoms with E-state index in [1.165, 1.54) is 0 Å². The van der Waals surface area contributed by atoms with Crippen LogP contribution in [0.4, 0.5) is 0 Å². The summed E-state index contributed by atoms with van der Waals surface area (Å²) in [4.78, 5) is 24.3. The minimum absolute atomic E-state index is 0.107. The van der Waals surface area contributed by atoms with Crippen molar-refractivity contribution in [1.29, 1.82) is 0 Å². The summed E-state index contributed by atoms with van der Waals surface area (Å²) in [5, 5.41) is 0. The Labute approximate surface area is 175 Å². The van der Waals surface area contributed by atoms with E-state index in [1.54, 1.807) is 36.4 Å². The topological polar surface area (TPSA) is 93.3 Å². The molecule has 29 heavy (non-hydrogen) atoms. The van der Waals surface area contributed by atoms with Crippen LogP contribution in [-0.2, 0) is 11.4 Å². The molecule has 2 atom stereocenters. The fraction of sp³-hybridized carbons (Fsp3) is 0.364. The molecule has 2 rings (SSSR count). The summed E-state index contributed by atoms with van der Waals surface area (Å²) in [6.07, 6.45) is 0. The Kier molecular flexibility index (Phi) is 7.84. The third-order valence-electron chi connectivity index (χ3n) is 4.31. The van der Waals surface area contributed by atoms with E-state index in [1.807, 2.05) is 39.0 Å². The molecule has 7 heteroatoms. The van der Waals surface area contributed by atoms with Gasteiger partial charge in [-0.15, -0.1) is 4.72 Å². The second-order valence-corrected chi connectivity index (χ2v) is 10.1. The van der Waals surface area contributed by atoms with Crippen molar-refractivity contribution in [3.05, 3.63) is 71.3 Å².